The van der Waals surface area contributed by atoms with Crippen molar-refractivity contribution in [3.8, 4) is 0 Å². The lowest BCUT2D eigenvalue weighted by Crippen LogP contribution is -2.47. The summed E-state index contributed by atoms with van der Waals surface area (Å²) >= 11 is 0. The number of carbonyl (C=O) groups is 1. The van der Waals surface area contributed by atoms with Gasteiger partial charge >= 0.3 is 0 Å². The minimum atomic E-state index is -1.05. The van der Waals surface area contributed by atoms with Gasteiger partial charge in [-0.2, -0.15) is 0 Å². The van der Waals surface area contributed by atoms with Crippen molar-refractivity contribution in [2.75, 3.05) is 26.7 Å². The maximum absolute atomic E-state index is 13.6. The van der Waals surface area contributed by atoms with Crippen molar-refractivity contribution in [2.45, 2.75) is 31.8 Å². The van der Waals surface area contributed by atoms with E-state index in [0.29, 0.717) is 6.54 Å². The van der Waals surface area contributed by atoms with E-state index in [2.05, 4.69) is 4.90 Å². The molecular formula is C16H21F2NO2. The Labute approximate surface area is 123 Å². The number of likely N-dealkylation sites (tertiary alicyclic amines) is 1. The van der Waals surface area contributed by atoms with Gasteiger partial charge in [-0.3, -0.25) is 4.79 Å². The van der Waals surface area contributed by atoms with Crippen LogP contribution in [0.1, 0.15) is 36.5 Å². The molecule has 1 aliphatic heterocycles. The van der Waals surface area contributed by atoms with Gasteiger partial charge < -0.3 is 9.64 Å². The lowest BCUT2D eigenvalue weighted by molar-refractivity contribution is -0.0503. The summed E-state index contributed by atoms with van der Waals surface area (Å²) in [5, 5.41) is 0. The van der Waals surface area contributed by atoms with Gasteiger partial charge in [-0.1, -0.05) is 6.07 Å². The monoisotopic (exact) mass is 297 g/mol. The SMILES string of the molecule is COC1(C)CCCN(CCC(=O)c2cccc(F)c2F)C1. The first-order valence-corrected chi connectivity index (χ1v) is 7.20. The van der Waals surface area contributed by atoms with Gasteiger partial charge in [-0.25, -0.2) is 8.78 Å². The molecule has 0 N–H and O–H groups in total. The average molecular weight is 297 g/mol. The van der Waals surface area contributed by atoms with E-state index in [1.807, 2.05) is 6.92 Å². The molecule has 21 heavy (non-hydrogen) atoms. The van der Waals surface area contributed by atoms with Crippen LogP contribution < -0.4 is 0 Å². The Balaban J connectivity index is 1.94. The van der Waals surface area contributed by atoms with Crippen LogP contribution in [0.3, 0.4) is 0 Å². The van der Waals surface area contributed by atoms with Gasteiger partial charge in [0.05, 0.1) is 11.2 Å². The first kappa shape index (κ1) is 16.0. The summed E-state index contributed by atoms with van der Waals surface area (Å²) in [5.74, 6) is -2.40. The van der Waals surface area contributed by atoms with Gasteiger partial charge in [0.25, 0.3) is 0 Å². The Bertz CT molecular complexity index is 521. The molecule has 1 saturated heterocycles. The third kappa shape index (κ3) is 3.86. The molecule has 0 bridgehead atoms. The van der Waals surface area contributed by atoms with Crippen molar-refractivity contribution in [2.24, 2.45) is 0 Å². The van der Waals surface area contributed by atoms with E-state index < -0.39 is 11.6 Å². The molecular weight excluding hydrogens is 276 g/mol. The first-order chi connectivity index (χ1) is 9.95. The number of Topliss-reactive ketones (excluding diaryl/α,β-unsaturated/α-hetero) is 1. The summed E-state index contributed by atoms with van der Waals surface area (Å²) in [6, 6.07) is 3.70. The highest BCUT2D eigenvalue weighted by Crippen LogP contribution is 2.24. The van der Waals surface area contributed by atoms with Crippen molar-refractivity contribution in [3.05, 3.63) is 35.4 Å². The zero-order valence-corrected chi connectivity index (χ0v) is 12.5. The molecule has 1 aromatic rings. The zero-order valence-electron chi connectivity index (χ0n) is 12.5. The molecule has 0 aliphatic carbocycles. The maximum Gasteiger partial charge on any atom is 0.169 e. The van der Waals surface area contributed by atoms with E-state index in [-0.39, 0.29) is 23.4 Å². The summed E-state index contributed by atoms with van der Waals surface area (Å²) in [6.45, 7) is 4.24. The Morgan fingerprint density at radius 2 is 2.19 bits per heavy atom. The molecule has 0 amide bonds. The maximum atomic E-state index is 13.6. The van der Waals surface area contributed by atoms with Crippen molar-refractivity contribution < 1.29 is 18.3 Å². The number of nitrogens with zero attached hydrogens (tertiary/aromatic N) is 1. The predicted octanol–water partition coefficient (Wildman–Crippen LogP) is 3.04. The molecule has 3 nitrogen and oxygen atoms in total. The number of ether oxygens (including phenoxy) is 1. The van der Waals surface area contributed by atoms with Crippen molar-refractivity contribution in [3.63, 3.8) is 0 Å². The highest BCUT2D eigenvalue weighted by atomic mass is 19.2. The standard InChI is InChI=1S/C16H21F2NO2/c1-16(21-2)8-4-9-19(11-16)10-7-14(20)12-5-3-6-13(17)15(12)18/h3,5-6H,4,7-11H2,1-2H3. The van der Waals surface area contributed by atoms with Gasteiger partial charge in [0.15, 0.2) is 17.4 Å². The molecule has 1 aliphatic rings. The number of hydrogen-bond acceptors (Lipinski definition) is 3. The van der Waals surface area contributed by atoms with Crippen molar-refractivity contribution in [1.82, 2.24) is 4.90 Å². The highest BCUT2D eigenvalue weighted by Gasteiger charge is 2.30. The number of hydrogen-bond donors (Lipinski definition) is 0. The van der Waals surface area contributed by atoms with Gasteiger partial charge in [0.1, 0.15) is 0 Å². The molecule has 0 spiro atoms. The van der Waals surface area contributed by atoms with Crippen LogP contribution in [0.2, 0.25) is 0 Å². The van der Waals surface area contributed by atoms with Gasteiger partial charge in [0.2, 0.25) is 0 Å². The normalized spacial score (nSPS) is 23.2. The lowest BCUT2D eigenvalue weighted by Gasteiger charge is -2.39. The van der Waals surface area contributed by atoms with Crippen LogP contribution in [0, 0.1) is 11.6 Å². The van der Waals surface area contributed by atoms with Crippen LogP contribution in [-0.2, 0) is 4.74 Å². The van der Waals surface area contributed by atoms with E-state index in [9.17, 15) is 13.6 Å². The lowest BCUT2D eigenvalue weighted by atomic mass is 9.94. The minimum absolute atomic E-state index is 0.165. The number of halogens is 2. The van der Waals surface area contributed by atoms with Gasteiger partial charge in [-0.15, -0.1) is 0 Å². The van der Waals surface area contributed by atoms with E-state index in [1.165, 1.54) is 12.1 Å². The van der Waals surface area contributed by atoms with Crippen molar-refractivity contribution in [1.29, 1.82) is 0 Å². The number of ketones is 1. The van der Waals surface area contributed by atoms with E-state index >= 15 is 0 Å². The molecule has 1 fully saturated rings. The zero-order chi connectivity index (χ0) is 15.5. The molecule has 1 atom stereocenters. The second kappa shape index (κ2) is 6.62. The van der Waals surface area contributed by atoms with Crippen LogP contribution >= 0.6 is 0 Å². The highest BCUT2D eigenvalue weighted by molar-refractivity contribution is 5.96. The molecule has 0 radical (unpaired) electrons. The molecule has 2 rings (SSSR count). The van der Waals surface area contributed by atoms with Crippen LogP contribution in [-0.4, -0.2) is 43.0 Å². The fourth-order valence-electron chi connectivity index (χ4n) is 2.78. The predicted molar refractivity (Wildman–Crippen MR) is 76.4 cm³/mol. The summed E-state index contributed by atoms with van der Waals surface area (Å²) in [7, 11) is 1.69. The molecule has 0 aromatic heterocycles. The Morgan fingerprint density at radius 3 is 2.90 bits per heavy atom. The topological polar surface area (TPSA) is 29.5 Å². The quantitative estimate of drug-likeness (QED) is 0.782. The average Bonchev–Trinajstić information content (AvgIpc) is 2.48. The molecule has 5 heteroatoms. The molecule has 1 unspecified atom stereocenters. The number of rotatable bonds is 5. The van der Waals surface area contributed by atoms with Crippen LogP contribution in [0.4, 0.5) is 8.78 Å². The Morgan fingerprint density at radius 1 is 1.43 bits per heavy atom. The second-order valence-electron chi connectivity index (χ2n) is 5.81. The molecule has 1 heterocycles. The number of methoxy groups -OCH3 is 1. The number of piperidine rings is 1. The van der Waals surface area contributed by atoms with E-state index in [0.717, 1.165) is 32.0 Å². The van der Waals surface area contributed by atoms with Crippen LogP contribution in [0.15, 0.2) is 18.2 Å². The van der Waals surface area contributed by atoms with Crippen molar-refractivity contribution >= 4 is 5.78 Å². The molecule has 0 saturated carbocycles. The number of benzene rings is 1. The largest absolute Gasteiger partial charge is 0.377 e. The summed E-state index contributed by atoms with van der Waals surface area (Å²) < 4.78 is 32.2. The smallest absolute Gasteiger partial charge is 0.169 e. The third-order valence-corrected chi connectivity index (χ3v) is 4.14. The summed E-state index contributed by atoms with van der Waals surface area (Å²) in [4.78, 5) is 14.2. The Kier molecular flexibility index (Phi) is 5.06. The minimum Gasteiger partial charge on any atom is -0.377 e. The Hall–Kier alpha value is -1.33. The molecule has 116 valence electrons. The third-order valence-electron chi connectivity index (χ3n) is 4.14. The van der Waals surface area contributed by atoms with E-state index in [4.69, 9.17) is 4.74 Å². The van der Waals surface area contributed by atoms with Crippen LogP contribution in [0.5, 0.6) is 0 Å². The van der Waals surface area contributed by atoms with Gasteiger partial charge in [-0.05, 0) is 38.4 Å². The fourth-order valence-corrected chi connectivity index (χ4v) is 2.78. The molecule has 1 aromatic carbocycles. The number of carbonyl (C=O) groups excluding carboxylic acids is 1. The fraction of sp³-hybridized carbons (Fsp3) is 0.562. The summed E-state index contributed by atoms with van der Waals surface area (Å²) in [5.41, 5.74) is -0.354. The first-order valence-electron chi connectivity index (χ1n) is 7.20. The second-order valence-corrected chi connectivity index (χ2v) is 5.81. The van der Waals surface area contributed by atoms with E-state index in [1.54, 1.807) is 7.11 Å². The summed E-state index contributed by atoms with van der Waals surface area (Å²) in [6.07, 6.45) is 2.18. The van der Waals surface area contributed by atoms with Crippen LogP contribution in [0.25, 0.3) is 0 Å². The van der Waals surface area contributed by atoms with Gasteiger partial charge in [0, 0.05) is 26.6 Å².